The van der Waals surface area contributed by atoms with E-state index in [1.165, 1.54) is 5.56 Å². The second kappa shape index (κ2) is 9.99. The second-order valence-corrected chi connectivity index (χ2v) is 15.3. The molecule has 8 heteroatoms. The smallest absolute Gasteiger partial charge is 0.312 e. The molecule has 0 aromatic heterocycles. The van der Waals surface area contributed by atoms with E-state index >= 15 is 0 Å². The summed E-state index contributed by atoms with van der Waals surface area (Å²) in [6, 6.07) is 10.7. The summed E-state index contributed by atoms with van der Waals surface area (Å²) in [4.78, 5) is 30.7. The monoisotopic (exact) mass is 532 g/mol. The van der Waals surface area contributed by atoms with Gasteiger partial charge >= 0.3 is 5.97 Å². The fourth-order valence-corrected chi connectivity index (χ4v) is 8.28. The number of sulfone groups is 1. The summed E-state index contributed by atoms with van der Waals surface area (Å²) in [6.45, 7) is 6.68. The summed E-state index contributed by atoms with van der Waals surface area (Å²) in [7, 11) is 1.17. The van der Waals surface area contributed by atoms with Gasteiger partial charge in [0, 0.05) is 25.0 Å². The Hall–Kier alpha value is -1.93. The van der Waals surface area contributed by atoms with Crippen LogP contribution in [0.2, 0.25) is 0 Å². The quantitative estimate of drug-likeness (QED) is 0.512. The van der Waals surface area contributed by atoms with Crippen LogP contribution in [0.3, 0.4) is 0 Å². The van der Waals surface area contributed by atoms with E-state index in [2.05, 4.69) is 49.3 Å². The van der Waals surface area contributed by atoms with Crippen LogP contribution in [0.15, 0.2) is 30.3 Å². The first-order valence-corrected chi connectivity index (χ1v) is 15.5. The van der Waals surface area contributed by atoms with Crippen LogP contribution in [-0.2, 0) is 29.7 Å². The number of ether oxygens (including phenoxy) is 1. The minimum atomic E-state index is -3.13. The van der Waals surface area contributed by atoms with Gasteiger partial charge < -0.3 is 9.64 Å². The lowest BCUT2D eigenvalue weighted by Crippen LogP contribution is -2.47. The van der Waals surface area contributed by atoms with Crippen molar-refractivity contribution in [1.29, 1.82) is 0 Å². The van der Waals surface area contributed by atoms with E-state index in [1.54, 1.807) is 0 Å². The molecule has 37 heavy (non-hydrogen) atoms. The third kappa shape index (κ3) is 5.90. The van der Waals surface area contributed by atoms with Crippen LogP contribution in [0.5, 0.6) is 0 Å². The zero-order valence-electron chi connectivity index (χ0n) is 23.2. The van der Waals surface area contributed by atoms with Crippen LogP contribution in [0.4, 0.5) is 0 Å². The molecule has 1 aliphatic carbocycles. The van der Waals surface area contributed by atoms with Crippen LogP contribution in [0.1, 0.15) is 77.7 Å². The lowest BCUT2D eigenvalue weighted by molar-refractivity contribution is -0.169. The molecule has 206 valence electrons. The van der Waals surface area contributed by atoms with Crippen LogP contribution >= 0.6 is 0 Å². The molecular formula is C29H44N2O5S. The average molecular weight is 533 g/mol. The number of hydrogen-bond donors (Lipinski definition) is 0. The Labute approximate surface area is 222 Å². The van der Waals surface area contributed by atoms with Gasteiger partial charge in [0.25, 0.3) is 0 Å². The van der Waals surface area contributed by atoms with E-state index in [9.17, 15) is 18.0 Å². The fraction of sp³-hybridized carbons (Fsp3) is 0.724. The summed E-state index contributed by atoms with van der Waals surface area (Å²) in [5, 5.41) is 0. The third-order valence-corrected chi connectivity index (χ3v) is 10.8. The molecule has 1 amide bonds. The Kier molecular flexibility index (Phi) is 7.58. The van der Waals surface area contributed by atoms with Crippen molar-refractivity contribution in [2.24, 2.45) is 10.8 Å². The highest BCUT2D eigenvalue weighted by Crippen LogP contribution is 2.52. The molecule has 3 fully saturated rings. The first-order valence-electron chi connectivity index (χ1n) is 13.6. The lowest BCUT2D eigenvalue weighted by Gasteiger charge is -2.49. The summed E-state index contributed by atoms with van der Waals surface area (Å²) in [5.74, 6) is -0.181. The van der Waals surface area contributed by atoms with Gasteiger partial charge in [0.2, 0.25) is 5.91 Å². The van der Waals surface area contributed by atoms with Crippen LogP contribution in [-0.4, -0.2) is 74.4 Å². The van der Waals surface area contributed by atoms with Crippen LogP contribution < -0.4 is 0 Å². The average Bonchev–Trinajstić information content (AvgIpc) is 3.13. The van der Waals surface area contributed by atoms with Gasteiger partial charge in [0.1, 0.15) is 15.4 Å². The fourth-order valence-electron chi connectivity index (χ4n) is 6.68. The maximum atomic E-state index is 13.3. The number of hydrogen-bond acceptors (Lipinski definition) is 6. The highest BCUT2D eigenvalue weighted by Gasteiger charge is 2.51. The first kappa shape index (κ1) is 28.1. The summed E-state index contributed by atoms with van der Waals surface area (Å²) in [5.41, 5.74) is -0.206. The van der Waals surface area contributed by atoms with E-state index in [1.807, 2.05) is 25.7 Å². The van der Waals surface area contributed by atoms with Crippen molar-refractivity contribution in [3.63, 3.8) is 0 Å². The topological polar surface area (TPSA) is 84.0 Å². The van der Waals surface area contributed by atoms with Gasteiger partial charge in [-0.25, -0.2) is 8.42 Å². The Morgan fingerprint density at radius 2 is 1.59 bits per heavy atom. The van der Waals surface area contributed by atoms with E-state index < -0.39 is 20.9 Å². The molecule has 7 nitrogen and oxygen atoms in total. The number of likely N-dealkylation sites (tertiary alicyclic amines) is 1. The molecule has 2 heterocycles. The second-order valence-electron chi connectivity index (χ2n) is 13.0. The van der Waals surface area contributed by atoms with Crippen molar-refractivity contribution >= 4 is 21.7 Å². The lowest BCUT2D eigenvalue weighted by atomic mass is 9.64. The number of esters is 1. The maximum absolute atomic E-state index is 13.3. The summed E-state index contributed by atoms with van der Waals surface area (Å²) >= 11 is 0. The van der Waals surface area contributed by atoms with Crippen molar-refractivity contribution in [2.45, 2.75) is 83.3 Å². The van der Waals surface area contributed by atoms with Crippen molar-refractivity contribution in [3.8, 4) is 0 Å². The molecule has 0 N–H and O–H groups in total. The van der Waals surface area contributed by atoms with Crippen molar-refractivity contribution in [1.82, 2.24) is 9.80 Å². The minimum Gasteiger partial charge on any atom is -0.460 e. The molecule has 0 unspecified atom stereocenters. The molecule has 0 bridgehead atoms. The number of carbonyl (C=O) groups excluding carboxylic acids is 2. The van der Waals surface area contributed by atoms with Gasteiger partial charge in [-0.2, -0.15) is 0 Å². The molecule has 0 radical (unpaired) electrons. The SMILES string of the molecule is CN(C)C1(c2ccccc2)CCC2(CC1)CC(=O)N(CCC1(C(=O)OC(C)(C)C)CCS(=O)(=O)CC1)C2. The largest absolute Gasteiger partial charge is 0.460 e. The summed E-state index contributed by atoms with van der Waals surface area (Å²) in [6.07, 6.45) is 5.51. The van der Waals surface area contributed by atoms with Crippen molar-refractivity contribution in [2.75, 3.05) is 38.7 Å². The maximum Gasteiger partial charge on any atom is 0.312 e. The van der Waals surface area contributed by atoms with Gasteiger partial charge in [0.05, 0.1) is 16.9 Å². The number of rotatable bonds is 6. The molecule has 2 saturated heterocycles. The molecule has 1 spiro atoms. The molecule has 1 aromatic carbocycles. The number of amides is 1. The van der Waals surface area contributed by atoms with Gasteiger partial charge in [-0.05, 0) is 90.8 Å². The zero-order chi connectivity index (χ0) is 27.1. The van der Waals surface area contributed by atoms with Crippen LogP contribution in [0.25, 0.3) is 0 Å². The third-order valence-electron chi connectivity index (χ3n) is 9.19. The van der Waals surface area contributed by atoms with Crippen LogP contribution in [0, 0.1) is 10.8 Å². The predicted octanol–water partition coefficient (Wildman–Crippen LogP) is 4.16. The number of benzene rings is 1. The number of carbonyl (C=O) groups is 2. The molecular weight excluding hydrogens is 488 g/mol. The zero-order valence-corrected chi connectivity index (χ0v) is 24.0. The highest BCUT2D eigenvalue weighted by atomic mass is 32.2. The Bertz CT molecular complexity index is 1080. The minimum absolute atomic E-state index is 0.00374. The van der Waals surface area contributed by atoms with E-state index in [4.69, 9.17) is 4.74 Å². The predicted molar refractivity (Wildman–Crippen MR) is 145 cm³/mol. The van der Waals surface area contributed by atoms with Crippen molar-refractivity contribution in [3.05, 3.63) is 35.9 Å². The molecule has 3 aliphatic rings. The Balaban J connectivity index is 1.44. The molecule has 0 atom stereocenters. The molecule has 4 rings (SSSR count). The van der Waals surface area contributed by atoms with Gasteiger partial charge in [-0.3, -0.25) is 14.5 Å². The Morgan fingerprint density at radius 1 is 1.00 bits per heavy atom. The van der Waals surface area contributed by atoms with E-state index in [-0.39, 0.29) is 47.2 Å². The molecule has 1 saturated carbocycles. The molecule has 2 aliphatic heterocycles. The first-order chi connectivity index (χ1) is 17.2. The van der Waals surface area contributed by atoms with E-state index in [0.717, 1.165) is 25.7 Å². The highest BCUT2D eigenvalue weighted by molar-refractivity contribution is 7.91. The van der Waals surface area contributed by atoms with Gasteiger partial charge in [0.15, 0.2) is 0 Å². The number of nitrogens with zero attached hydrogens (tertiary/aromatic N) is 2. The Morgan fingerprint density at radius 3 is 2.14 bits per heavy atom. The van der Waals surface area contributed by atoms with Gasteiger partial charge in [-0.1, -0.05) is 30.3 Å². The summed E-state index contributed by atoms with van der Waals surface area (Å²) < 4.78 is 30.0. The normalized spacial score (nSPS) is 27.0. The van der Waals surface area contributed by atoms with Gasteiger partial charge in [-0.15, -0.1) is 0 Å². The van der Waals surface area contributed by atoms with E-state index in [0.29, 0.717) is 25.9 Å². The standard InChI is InChI=1S/C29H44N2O5S/c1-26(2,3)36-25(33)28(16-19-37(34,35)20-17-28)15-18-31-22-27(21-24(31)32)11-13-29(14-12-27,30(4)5)23-9-7-6-8-10-23/h6-10H,11-22H2,1-5H3. The van der Waals surface area contributed by atoms with Crippen molar-refractivity contribution < 1.29 is 22.7 Å². The molecule has 1 aromatic rings.